The van der Waals surface area contributed by atoms with Gasteiger partial charge in [0.25, 0.3) is 5.91 Å². The predicted molar refractivity (Wildman–Crippen MR) is 64.2 cm³/mol. The molecule has 1 aliphatic carbocycles. The molecule has 1 heterocycles. The Kier molecular flexibility index (Phi) is 3.88. The summed E-state index contributed by atoms with van der Waals surface area (Å²) < 4.78 is 10.8. The van der Waals surface area contributed by atoms with Crippen molar-refractivity contribution in [3.05, 3.63) is 11.6 Å². The lowest BCUT2D eigenvalue weighted by atomic mass is 10.4. The number of H-pyrrole nitrogens is 1. The second-order valence-corrected chi connectivity index (χ2v) is 5.76. The topological polar surface area (TPSA) is 87.7 Å². The van der Waals surface area contributed by atoms with Gasteiger partial charge in [0, 0.05) is 35.3 Å². The molecule has 1 saturated carbocycles. The summed E-state index contributed by atoms with van der Waals surface area (Å²) in [6.07, 6.45) is 4.60. The molecule has 7 heteroatoms. The van der Waals surface area contributed by atoms with Crippen LogP contribution in [0.3, 0.4) is 0 Å². The Morgan fingerprint density at radius 1 is 1.59 bits per heavy atom. The van der Waals surface area contributed by atoms with E-state index in [9.17, 15) is 9.00 Å². The average Bonchev–Trinajstić information content (AvgIpc) is 3.02. The maximum atomic E-state index is 11.6. The highest BCUT2D eigenvalue weighted by Gasteiger charge is 2.28. The molecule has 0 spiro atoms. The van der Waals surface area contributed by atoms with Gasteiger partial charge in [0.1, 0.15) is 5.82 Å². The van der Waals surface area contributed by atoms with E-state index in [0.717, 1.165) is 18.7 Å². The van der Waals surface area contributed by atoms with Gasteiger partial charge in [-0.2, -0.15) is 0 Å². The maximum Gasteiger partial charge on any atom is 0.290 e. The fourth-order valence-corrected chi connectivity index (χ4v) is 2.02. The van der Waals surface area contributed by atoms with Gasteiger partial charge in [0.05, 0.1) is 0 Å². The van der Waals surface area contributed by atoms with Gasteiger partial charge in [-0.25, -0.2) is 4.98 Å². The first kappa shape index (κ1) is 12.2. The Morgan fingerprint density at radius 2 is 2.35 bits per heavy atom. The fourth-order valence-electron chi connectivity index (χ4n) is 1.47. The van der Waals surface area contributed by atoms with E-state index in [2.05, 4.69) is 20.5 Å². The molecule has 2 rings (SSSR count). The molecule has 1 aliphatic rings. The van der Waals surface area contributed by atoms with E-state index >= 15 is 0 Å². The minimum absolute atomic E-state index is 0.199. The van der Waals surface area contributed by atoms with E-state index in [1.54, 1.807) is 6.26 Å². The molecular weight excluding hydrogens is 240 g/mol. The molecule has 0 radical (unpaired) electrons. The average molecular weight is 256 g/mol. The number of hydrogen-bond acceptors (Lipinski definition) is 4. The van der Waals surface area contributed by atoms with Crippen LogP contribution in [0, 0.1) is 0 Å². The molecule has 0 aliphatic heterocycles. The lowest BCUT2D eigenvalue weighted by Gasteiger charge is -2.00. The smallest absolute Gasteiger partial charge is 0.290 e. The molecule has 1 amide bonds. The zero-order chi connectivity index (χ0) is 12.3. The first-order valence-electron chi connectivity index (χ1n) is 5.67. The molecule has 1 atom stereocenters. The summed E-state index contributed by atoms with van der Waals surface area (Å²) in [7, 11) is -0.807. The van der Waals surface area contributed by atoms with Gasteiger partial charge in [0.15, 0.2) is 0 Å². The highest BCUT2D eigenvalue weighted by molar-refractivity contribution is 7.84. The van der Waals surface area contributed by atoms with Crippen molar-refractivity contribution in [3.63, 3.8) is 0 Å². The molecule has 0 saturated heterocycles. The van der Waals surface area contributed by atoms with Crippen LogP contribution in [0.5, 0.6) is 0 Å². The van der Waals surface area contributed by atoms with E-state index < -0.39 is 10.8 Å². The molecular formula is C10H16N4O2S. The number of carbonyl (C=O) groups is 1. The highest BCUT2D eigenvalue weighted by Crippen LogP contribution is 2.37. The lowest BCUT2D eigenvalue weighted by Crippen LogP contribution is -2.26. The molecule has 1 fully saturated rings. The summed E-state index contributed by atoms with van der Waals surface area (Å²) in [6, 6.07) is 0. The molecule has 6 nitrogen and oxygen atoms in total. The second kappa shape index (κ2) is 5.39. The number of nitrogens with zero attached hydrogens (tertiary/aromatic N) is 2. The van der Waals surface area contributed by atoms with E-state index in [1.807, 2.05) is 0 Å². The van der Waals surface area contributed by atoms with Crippen molar-refractivity contribution >= 4 is 16.7 Å². The van der Waals surface area contributed by atoms with Crippen LogP contribution in [0.15, 0.2) is 0 Å². The van der Waals surface area contributed by atoms with Crippen molar-refractivity contribution in [1.29, 1.82) is 0 Å². The molecule has 1 aromatic rings. The van der Waals surface area contributed by atoms with Crippen LogP contribution in [0.25, 0.3) is 0 Å². The summed E-state index contributed by atoms with van der Waals surface area (Å²) in [5.74, 6) is 1.80. The Hall–Kier alpha value is -1.24. The zero-order valence-electron chi connectivity index (χ0n) is 9.73. The summed E-state index contributed by atoms with van der Waals surface area (Å²) in [5.41, 5.74) is 0. The van der Waals surface area contributed by atoms with Crippen LogP contribution in [0.4, 0.5) is 0 Å². The molecule has 1 unspecified atom stereocenters. The van der Waals surface area contributed by atoms with Crippen LogP contribution in [-0.4, -0.2) is 43.9 Å². The summed E-state index contributed by atoms with van der Waals surface area (Å²) >= 11 is 0. The van der Waals surface area contributed by atoms with E-state index in [0.29, 0.717) is 24.6 Å². The number of carbonyl (C=O) groups excluding carboxylic acids is 1. The third kappa shape index (κ3) is 3.62. The Labute approximate surface area is 102 Å². The fraction of sp³-hybridized carbons (Fsp3) is 0.700. The summed E-state index contributed by atoms with van der Waals surface area (Å²) in [4.78, 5) is 15.8. The molecule has 0 aromatic carbocycles. The van der Waals surface area contributed by atoms with Gasteiger partial charge in [-0.1, -0.05) is 0 Å². The Morgan fingerprint density at radius 3 is 3.00 bits per heavy atom. The van der Waals surface area contributed by atoms with Gasteiger partial charge in [-0.05, 0) is 19.3 Å². The first-order chi connectivity index (χ1) is 8.16. The van der Waals surface area contributed by atoms with Crippen LogP contribution in [0.2, 0.25) is 0 Å². The van der Waals surface area contributed by atoms with Gasteiger partial charge in [0.2, 0.25) is 5.82 Å². The van der Waals surface area contributed by atoms with Gasteiger partial charge in [-0.3, -0.25) is 14.1 Å². The maximum absolute atomic E-state index is 11.6. The number of aromatic amines is 1. The molecule has 0 bridgehead atoms. The minimum Gasteiger partial charge on any atom is -0.349 e. The monoisotopic (exact) mass is 256 g/mol. The van der Waals surface area contributed by atoms with E-state index in [-0.39, 0.29) is 11.7 Å². The standard InChI is InChI=1S/C10H16N4O2S/c1-17(16)6-2-5-11-10(15)9-12-8(13-14-9)7-3-4-7/h7H,2-6H2,1H3,(H,11,15)(H,12,13,14). The van der Waals surface area contributed by atoms with E-state index in [4.69, 9.17) is 0 Å². The summed E-state index contributed by atoms with van der Waals surface area (Å²) in [5, 5.41) is 9.38. The van der Waals surface area contributed by atoms with Crippen molar-refractivity contribution in [2.24, 2.45) is 0 Å². The first-order valence-corrected chi connectivity index (χ1v) is 7.40. The predicted octanol–water partition coefficient (Wildman–Crippen LogP) is 0.180. The number of rotatable bonds is 6. The number of amides is 1. The van der Waals surface area contributed by atoms with Crippen molar-refractivity contribution in [2.45, 2.75) is 25.2 Å². The van der Waals surface area contributed by atoms with Crippen molar-refractivity contribution < 1.29 is 9.00 Å². The minimum atomic E-state index is -0.807. The van der Waals surface area contributed by atoms with Crippen LogP contribution in [-0.2, 0) is 10.8 Å². The second-order valence-electron chi connectivity index (χ2n) is 4.21. The van der Waals surface area contributed by atoms with Gasteiger partial charge >= 0.3 is 0 Å². The molecule has 2 N–H and O–H groups in total. The number of hydrogen-bond donors (Lipinski definition) is 2. The number of nitrogens with one attached hydrogen (secondary N) is 2. The third-order valence-corrected chi connectivity index (χ3v) is 3.43. The quantitative estimate of drug-likeness (QED) is 0.711. The highest BCUT2D eigenvalue weighted by atomic mass is 32.2. The van der Waals surface area contributed by atoms with Crippen molar-refractivity contribution in [2.75, 3.05) is 18.6 Å². The lowest BCUT2D eigenvalue weighted by molar-refractivity contribution is 0.0943. The number of aromatic nitrogens is 3. The zero-order valence-corrected chi connectivity index (χ0v) is 10.5. The SMILES string of the molecule is CS(=O)CCCNC(=O)c1n[nH]c(C2CC2)n1. The molecule has 1 aromatic heterocycles. The van der Waals surface area contributed by atoms with Gasteiger partial charge < -0.3 is 5.32 Å². The van der Waals surface area contributed by atoms with Crippen molar-refractivity contribution in [3.8, 4) is 0 Å². The van der Waals surface area contributed by atoms with Crippen LogP contribution >= 0.6 is 0 Å². The normalized spacial score (nSPS) is 16.8. The Bertz CT molecular complexity index is 428. The largest absolute Gasteiger partial charge is 0.349 e. The van der Waals surface area contributed by atoms with Gasteiger partial charge in [-0.15, -0.1) is 5.10 Å². The Balaban J connectivity index is 1.76. The summed E-state index contributed by atoms with van der Waals surface area (Å²) in [6.45, 7) is 0.506. The van der Waals surface area contributed by atoms with E-state index in [1.165, 1.54) is 0 Å². The van der Waals surface area contributed by atoms with Crippen LogP contribution in [0.1, 0.15) is 41.6 Å². The van der Waals surface area contributed by atoms with Crippen LogP contribution < -0.4 is 5.32 Å². The molecule has 94 valence electrons. The third-order valence-electron chi connectivity index (χ3n) is 2.56. The van der Waals surface area contributed by atoms with Crippen molar-refractivity contribution in [1.82, 2.24) is 20.5 Å². The molecule has 17 heavy (non-hydrogen) atoms.